The summed E-state index contributed by atoms with van der Waals surface area (Å²) in [6, 6.07) is 11.0. The van der Waals surface area contributed by atoms with Crippen LogP contribution in [0.5, 0.6) is 0 Å². The molecule has 134 valence electrons. The Hall–Kier alpha value is -2.37. The Morgan fingerprint density at radius 1 is 1.04 bits per heavy atom. The Kier molecular flexibility index (Phi) is 12.7. The maximum atomic E-state index is 4.25. The van der Waals surface area contributed by atoms with Gasteiger partial charge in [0, 0.05) is 26.6 Å². The number of terminal acetylenes is 1. The summed E-state index contributed by atoms with van der Waals surface area (Å²) in [5.41, 5.74) is 7.09. The third-order valence-electron chi connectivity index (χ3n) is 3.56. The second-order valence-electron chi connectivity index (χ2n) is 5.37. The number of methoxy groups -OCH3 is 1. The minimum atomic E-state index is 1.01. The molecule has 0 aliphatic heterocycles. The maximum absolute atomic E-state index is 4.25. The zero-order valence-corrected chi connectivity index (χ0v) is 16.3. The van der Waals surface area contributed by atoms with Gasteiger partial charge in [-0.2, -0.15) is 0 Å². The summed E-state index contributed by atoms with van der Waals surface area (Å²) in [4.78, 5) is 4.07. The first-order chi connectivity index (χ1) is 12.2. The van der Waals surface area contributed by atoms with Crippen molar-refractivity contribution in [3.05, 3.63) is 71.1 Å². The lowest BCUT2D eigenvalue weighted by Crippen LogP contribution is -2.02. The van der Waals surface area contributed by atoms with E-state index in [2.05, 4.69) is 65.9 Å². The molecule has 1 aliphatic rings. The van der Waals surface area contributed by atoms with Crippen LogP contribution in [0.4, 0.5) is 0 Å². The van der Waals surface area contributed by atoms with Gasteiger partial charge in [0.15, 0.2) is 0 Å². The zero-order chi connectivity index (χ0) is 19.1. The molecular formula is C23H31NO. The number of nitrogens with zero attached hydrogens (tertiary/aromatic N) is 1. The predicted molar refractivity (Wildman–Crippen MR) is 110 cm³/mol. The Labute approximate surface area is 154 Å². The molecule has 0 radical (unpaired) electrons. The van der Waals surface area contributed by atoms with Gasteiger partial charge in [-0.1, -0.05) is 43.7 Å². The first-order valence-corrected chi connectivity index (χ1v) is 8.66. The summed E-state index contributed by atoms with van der Waals surface area (Å²) < 4.78 is 4.25. The number of aromatic nitrogens is 1. The van der Waals surface area contributed by atoms with Crippen molar-refractivity contribution in [3.63, 3.8) is 0 Å². The molecule has 0 saturated heterocycles. The second-order valence-corrected chi connectivity index (χ2v) is 5.37. The molecule has 1 heterocycles. The van der Waals surface area contributed by atoms with Crippen LogP contribution in [0.2, 0.25) is 0 Å². The fourth-order valence-electron chi connectivity index (χ4n) is 2.64. The molecule has 0 N–H and O–H groups in total. The fourth-order valence-corrected chi connectivity index (χ4v) is 2.64. The first-order valence-electron chi connectivity index (χ1n) is 8.66. The summed E-state index contributed by atoms with van der Waals surface area (Å²) in [7, 11) is 3.25. The maximum Gasteiger partial charge on any atom is 0.0351 e. The molecule has 0 unspecified atom stereocenters. The molecule has 0 saturated carbocycles. The van der Waals surface area contributed by atoms with Gasteiger partial charge in [-0.05, 0) is 60.6 Å². The van der Waals surface area contributed by atoms with Crippen molar-refractivity contribution in [2.45, 2.75) is 40.0 Å². The van der Waals surface area contributed by atoms with E-state index in [9.17, 15) is 0 Å². The SMILES string of the molecule is C#C.CC.COC.Cc1ccc2c(c1)CCC=C2Cc1ccncc1. The van der Waals surface area contributed by atoms with Crippen LogP contribution in [0.15, 0.2) is 48.8 Å². The molecule has 2 heteroatoms. The molecule has 1 aromatic heterocycles. The van der Waals surface area contributed by atoms with Crippen molar-refractivity contribution in [1.82, 2.24) is 4.98 Å². The Bertz CT molecular complexity index is 642. The number of fused-ring (bicyclic) bond motifs is 1. The van der Waals surface area contributed by atoms with Gasteiger partial charge in [0.25, 0.3) is 0 Å². The van der Waals surface area contributed by atoms with Gasteiger partial charge < -0.3 is 4.74 Å². The van der Waals surface area contributed by atoms with E-state index >= 15 is 0 Å². The van der Waals surface area contributed by atoms with E-state index < -0.39 is 0 Å². The molecule has 1 aliphatic carbocycles. The van der Waals surface area contributed by atoms with Crippen LogP contribution in [-0.4, -0.2) is 19.2 Å². The molecule has 0 amide bonds. The number of hydrogen-bond donors (Lipinski definition) is 0. The van der Waals surface area contributed by atoms with Crippen LogP contribution in [0.3, 0.4) is 0 Å². The van der Waals surface area contributed by atoms with E-state index in [4.69, 9.17) is 0 Å². The van der Waals surface area contributed by atoms with E-state index in [1.807, 2.05) is 26.2 Å². The van der Waals surface area contributed by atoms with Crippen molar-refractivity contribution >= 4 is 5.57 Å². The van der Waals surface area contributed by atoms with Crippen LogP contribution in [-0.2, 0) is 17.6 Å². The minimum Gasteiger partial charge on any atom is -0.388 e. The number of benzene rings is 1. The molecule has 3 rings (SSSR count). The monoisotopic (exact) mass is 337 g/mol. The van der Waals surface area contributed by atoms with Gasteiger partial charge >= 0.3 is 0 Å². The molecule has 2 aromatic rings. The Morgan fingerprint density at radius 3 is 2.24 bits per heavy atom. The average Bonchev–Trinajstić information content (AvgIpc) is 2.66. The van der Waals surface area contributed by atoms with Crippen molar-refractivity contribution in [2.75, 3.05) is 14.2 Å². The fraction of sp³-hybridized carbons (Fsp3) is 0.348. The third-order valence-corrected chi connectivity index (χ3v) is 3.56. The van der Waals surface area contributed by atoms with E-state index in [0.717, 1.165) is 12.8 Å². The summed E-state index contributed by atoms with van der Waals surface area (Å²) in [5.74, 6) is 0. The number of allylic oxidation sites excluding steroid dienone is 2. The summed E-state index contributed by atoms with van der Waals surface area (Å²) in [5, 5.41) is 0. The number of aryl methyl sites for hydroxylation is 2. The number of ether oxygens (including phenoxy) is 1. The number of rotatable bonds is 2. The van der Waals surface area contributed by atoms with E-state index in [1.165, 1.54) is 34.2 Å². The quantitative estimate of drug-likeness (QED) is 0.675. The van der Waals surface area contributed by atoms with E-state index in [1.54, 1.807) is 14.2 Å². The summed E-state index contributed by atoms with van der Waals surface area (Å²) in [6.45, 7) is 6.17. The zero-order valence-electron chi connectivity index (χ0n) is 16.3. The van der Waals surface area contributed by atoms with Crippen LogP contribution in [0.1, 0.15) is 42.5 Å². The Morgan fingerprint density at radius 2 is 1.64 bits per heavy atom. The number of hydrogen-bond acceptors (Lipinski definition) is 2. The average molecular weight is 338 g/mol. The van der Waals surface area contributed by atoms with Gasteiger partial charge in [0.1, 0.15) is 0 Å². The minimum absolute atomic E-state index is 1.01. The van der Waals surface area contributed by atoms with Gasteiger partial charge in [-0.3, -0.25) is 4.98 Å². The highest BCUT2D eigenvalue weighted by molar-refractivity contribution is 5.72. The van der Waals surface area contributed by atoms with Crippen LogP contribution < -0.4 is 0 Å². The second kappa shape index (κ2) is 14.0. The third kappa shape index (κ3) is 7.83. The smallest absolute Gasteiger partial charge is 0.0351 e. The lowest BCUT2D eigenvalue weighted by molar-refractivity contribution is 0.277. The highest BCUT2D eigenvalue weighted by Crippen LogP contribution is 2.29. The lowest BCUT2D eigenvalue weighted by Gasteiger charge is -2.18. The molecule has 0 fully saturated rings. The van der Waals surface area contributed by atoms with E-state index in [-0.39, 0.29) is 0 Å². The largest absolute Gasteiger partial charge is 0.388 e. The number of pyridine rings is 1. The lowest BCUT2D eigenvalue weighted by atomic mass is 9.87. The molecule has 1 aromatic carbocycles. The van der Waals surface area contributed by atoms with Gasteiger partial charge in [0.2, 0.25) is 0 Å². The van der Waals surface area contributed by atoms with Crippen molar-refractivity contribution in [3.8, 4) is 12.8 Å². The molecule has 0 bridgehead atoms. The van der Waals surface area contributed by atoms with Crippen LogP contribution >= 0.6 is 0 Å². The molecule has 0 spiro atoms. The first kappa shape index (κ1) is 22.6. The summed E-state index contributed by atoms with van der Waals surface area (Å²) in [6.07, 6.45) is 17.5. The van der Waals surface area contributed by atoms with Gasteiger partial charge in [-0.25, -0.2) is 0 Å². The Balaban J connectivity index is 0.000000728. The van der Waals surface area contributed by atoms with Crippen molar-refractivity contribution < 1.29 is 4.74 Å². The normalized spacial score (nSPS) is 11.1. The molecular weight excluding hydrogens is 306 g/mol. The highest BCUT2D eigenvalue weighted by Gasteiger charge is 2.12. The van der Waals surface area contributed by atoms with Crippen LogP contribution in [0.25, 0.3) is 5.57 Å². The van der Waals surface area contributed by atoms with Crippen molar-refractivity contribution in [1.29, 1.82) is 0 Å². The molecule has 0 atom stereocenters. The molecule has 25 heavy (non-hydrogen) atoms. The van der Waals surface area contributed by atoms with E-state index in [0.29, 0.717) is 0 Å². The van der Waals surface area contributed by atoms with Crippen LogP contribution in [0, 0.1) is 19.8 Å². The highest BCUT2D eigenvalue weighted by atomic mass is 16.4. The summed E-state index contributed by atoms with van der Waals surface area (Å²) >= 11 is 0. The van der Waals surface area contributed by atoms with Gasteiger partial charge in [0.05, 0.1) is 0 Å². The molecule has 2 nitrogen and oxygen atoms in total. The van der Waals surface area contributed by atoms with Crippen molar-refractivity contribution in [2.24, 2.45) is 0 Å². The predicted octanol–water partition coefficient (Wildman–Crippen LogP) is 5.50. The van der Waals surface area contributed by atoms with Gasteiger partial charge in [-0.15, -0.1) is 12.8 Å². The standard InChI is InChI=1S/C17H17N.C2H6O.C2H6.C2H2/c1-13-5-6-17-15(11-13)3-2-4-16(17)12-14-7-9-18-10-8-14;1-3-2;2*1-2/h4-11H,2-3,12H2,1H3;1-2H3;1-2H3;1-2H. The topological polar surface area (TPSA) is 22.1 Å².